The Balaban J connectivity index is 2.72. The van der Waals surface area contributed by atoms with Gasteiger partial charge in [0.05, 0.1) is 5.69 Å². The number of hydrogen-bond acceptors (Lipinski definition) is 2. The van der Waals surface area contributed by atoms with Crippen molar-refractivity contribution in [2.75, 3.05) is 14.1 Å². The monoisotopic (exact) mass is 195 g/mol. The summed E-state index contributed by atoms with van der Waals surface area (Å²) < 4.78 is 2.10. The zero-order valence-corrected chi connectivity index (χ0v) is 9.91. The van der Waals surface area contributed by atoms with Crippen molar-refractivity contribution >= 4 is 0 Å². The fourth-order valence-corrected chi connectivity index (χ4v) is 1.41. The van der Waals surface area contributed by atoms with E-state index in [0.29, 0.717) is 0 Å². The molecular weight excluding hydrogens is 174 g/mol. The molecule has 0 bridgehead atoms. The molecule has 0 unspecified atom stereocenters. The highest BCUT2D eigenvalue weighted by Crippen LogP contribution is 2.17. The molecule has 0 saturated carbocycles. The lowest BCUT2D eigenvalue weighted by Gasteiger charge is -2.20. The second-order valence-electron chi connectivity index (χ2n) is 5.28. The van der Waals surface area contributed by atoms with Crippen LogP contribution in [0.4, 0.5) is 0 Å². The largest absolute Gasteiger partial charge is 0.304 e. The fourth-order valence-electron chi connectivity index (χ4n) is 1.41. The molecule has 14 heavy (non-hydrogen) atoms. The summed E-state index contributed by atoms with van der Waals surface area (Å²) in [5.74, 6) is 0. The van der Waals surface area contributed by atoms with Crippen molar-refractivity contribution in [3.63, 3.8) is 0 Å². The Morgan fingerprint density at radius 3 is 2.50 bits per heavy atom. The van der Waals surface area contributed by atoms with Gasteiger partial charge in [-0.2, -0.15) is 5.10 Å². The fraction of sp³-hybridized carbons (Fsp3) is 0.727. The third kappa shape index (κ3) is 3.50. The van der Waals surface area contributed by atoms with Gasteiger partial charge in [0.1, 0.15) is 0 Å². The Morgan fingerprint density at radius 1 is 1.36 bits per heavy atom. The molecule has 1 aromatic heterocycles. The van der Waals surface area contributed by atoms with Gasteiger partial charge in [-0.15, -0.1) is 0 Å². The van der Waals surface area contributed by atoms with Crippen LogP contribution in [0.25, 0.3) is 0 Å². The Bertz CT molecular complexity index is 281. The minimum absolute atomic E-state index is 0.285. The normalized spacial score (nSPS) is 12.4. The molecule has 1 aromatic rings. The lowest BCUT2D eigenvalue weighted by Crippen LogP contribution is -2.21. The second kappa shape index (κ2) is 4.13. The van der Waals surface area contributed by atoms with Crippen molar-refractivity contribution < 1.29 is 0 Å². The molecule has 0 saturated heterocycles. The lowest BCUT2D eigenvalue weighted by atomic mass is 9.97. The standard InChI is InChI=1S/C11H21N3/c1-11(2,3)9-14-10(6-7-12-14)8-13(4)5/h6-7H,8-9H2,1-5H3. The third-order valence-electron chi connectivity index (χ3n) is 1.91. The van der Waals surface area contributed by atoms with Crippen LogP contribution < -0.4 is 0 Å². The van der Waals surface area contributed by atoms with Crippen molar-refractivity contribution in [3.8, 4) is 0 Å². The van der Waals surface area contributed by atoms with E-state index in [4.69, 9.17) is 0 Å². The molecule has 0 aromatic carbocycles. The molecule has 0 spiro atoms. The maximum atomic E-state index is 4.34. The molecule has 0 aliphatic carbocycles. The van der Waals surface area contributed by atoms with Gasteiger partial charge in [-0.05, 0) is 25.6 Å². The molecule has 3 heteroatoms. The van der Waals surface area contributed by atoms with Crippen molar-refractivity contribution in [1.82, 2.24) is 14.7 Å². The zero-order valence-electron chi connectivity index (χ0n) is 9.91. The van der Waals surface area contributed by atoms with Crippen LogP contribution in [0.3, 0.4) is 0 Å². The molecule has 1 rings (SSSR count). The molecule has 0 radical (unpaired) electrons. The van der Waals surface area contributed by atoms with Crippen LogP contribution >= 0.6 is 0 Å². The highest BCUT2D eigenvalue weighted by molar-refractivity contribution is 5.00. The summed E-state index contributed by atoms with van der Waals surface area (Å²) in [5.41, 5.74) is 1.57. The molecule has 1 heterocycles. The Kier molecular flexibility index (Phi) is 3.32. The molecule has 0 fully saturated rings. The van der Waals surface area contributed by atoms with Gasteiger partial charge in [-0.3, -0.25) is 4.68 Å². The van der Waals surface area contributed by atoms with Gasteiger partial charge in [0.15, 0.2) is 0 Å². The van der Waals surface area contributed by atoms with E-state index in [2.05, 4.69) is 55.6 Å². The minimum atomic E-state index is 0.285. The molecule has 0 N–H and O–H groups in total. The zero-order chi connectivity index (χ0) is 10.8. The van der Waals surface area contributed by atoms with Crippen LogP contribution in [0.2, 0.25) is 0 Å². The van der Waals surface area contributed by atoms with E-state index in [9.17, 15) is 0 Å². The highest BCUT2D eigenvalue weighted by atomic mass is 15.3. The quantitative estimate of drug-likeness (QED) is 0.735. The van der Waals surface area contributed by atoms with Crippen molar-refractivity contribution in [2.45, 2.75) is 33.9 Å². The van der Waals surface area contributed by atoms with Crippen LogP contribution in [-0.2, 0) is 13.1 Å². The van der Waals surface area contributed by atoms with Crippen LogP contribution in [0, 0.1) is 5.41 Å². The summed E-state index contributed by atoms with van der Waals surface area (Å²) >= 11 is 0. The summed E-state index contributed by atoms with van der Waals surface area (Å²) in [4.78, 5) is 2.16. The van der Waals surface area contributed by atoms with Crippen LogP contribution in [0.5, 0.6) is 0 Å². The highest BCUT2D eigenvalue weighted by Gasteiger charge is 2.13. The van der Waals surface area contributed by atoms with Gasteiger partial charge in [0.2, 0.25) is 0 Å². The summed E-state index contributed by atoms with van der Waals surface area (Å²) in [6.07, 6.45) is 1.88. The van der Waals surface area contributed by atoms with E-state index in [0.717, 1.165) is 13.1 Å². The SMILES string of the molecule is CN(C)Cc1ccnn1CC(C)(C)C. The summed E-state index contributed by atoms with van der Waals surface area (Å²) in [6, 6.07) is 2.09. The predicted octanol–water partition coefficient (Wildman–Crippen LogP) is 1.99. The van der Waals surface area contributed by atoms with Gasteiger partial charge in [0, 0.05) is 19.3 Å². The van der Waals surface area contributed by atoms with E-state index in [1.165, 1.54) is 5.69 Å². The van der Waals surface area contributed by atoms with Crippen molar-refractivity contribution in [1.29, 1.82) is 0 Å². The number of hydrogen-bond donors (Lipinski definition) is 0. The molecular formula is C11H21N3. The van der Waals surface area contributed by atoms with Gasteiger partial charge >= 0.3 is 0 Å². The first-order valence-electron chi connectivity index (χ1n) is 5.04. The number of aromatic nitrogens is 2. The van der Waals surface area contributed by atoms with Crippen LogP contribution in [0.15, 0.2) is 12.3 Å². The van der Waals surface area contributed by atoms with E-state index in [-0.39, 0.29) is 5.41 Å². The lowest BCUT2D eigenvalue weighted by molar-refractivity contribution is 0.304. The third-order valence-corrected chi connectivity index (χ3v) is 1.91. The average Bonchev–Trinajstić information content (AvgIpc) is 2.32. The number of rotatable bonds is 3. The van der Waals surface area contributed by atoms with Crippen molar-refractivity contribution in [2.24, 2.45) is 5.41 Å². The van der Waals surface area contributed by atoms with E-state index >= 15 is 0 Å². The average molecular weight is 195 g/mol. The summed E-state index contributed by atoms with van der Waals surface area (Å²) in [7, 11) is 4.16. The first-order chi connectivity index (χ1) is 6.38. The van der Waals surface area contributed by atoms with Gasteiger partial charge in [-0.1, -0.05) is 20.8 Å². The van der Waals surface area contributed by atoms with Crippen LogP contribution in [-0.4, -0.2) is 28.8 Å². The smallest absolute Gasteiger partial charge is 0.0524 e. The van der Waals surface area contributed by atoms with Gasteiger partial charge in [-0.25, -0.2) is 0 Å². The van der Waals surface area contributed by atoms with E-state index in [1.54, 1.807) is 0 Å². The Hall–Kier alpha value is -0.830. The van der Waals surface area contributed by atoms with Crippen LogP contribution in [0.1, 0.15) is 26.5 Å². The van der Waals surface area contributed by atoms with Crippen molar-refractivity contribution in [3.05, 3.63) is 18.0 Å². The van der Waals surface area contributed by atoms with Gasteiger partial charge < -0.3 is 4.90 Å². The maximum absolute atomic E-state index is 4.34. The summed E-state index contributed by atoms with van der Waals surface area (Å²) in [5, 5.41) is 4.34. The molecule has 80 valence electrons. The Labute approximate surface area is 86.7 Å². The first kappa shape index (κ1) is 11.2. The minimum Gasteiger partial charge on any atom is -0.304 e. The predicted molar refractivity (Wildman–Crippen MR) is 59.1 cm³/mol. The van der Waals surface area contributed by atoms with Gasteiger partial charge in [0.25, 0.3) is 0 Å². The Morgan fingerprint density at radius 2 is 2.00 bits per heavy atom. The molecule has 0 atom stereocenters. The number of nitrogens with zero attached hydrogens (tertiary/aromatic N) is 3. The molecule has 0 amide bonds. The second-order valence-corrected chi connectivity index (χ2v) is 5.28. The maximum Gasteiger partial charge on any atom is 0.0524 e. The molecule has 3 nitrogen and oxygen atoms in total. The topological polar surface area (TPSA) is 21.1 Å². The first-order valence-corrected chi connectivity index (χ1v) is 5.04. The van der Waals surface area contributed by atoms with E-state index in [1.807, 2.05) is 6.20 Å². The molecule has 0 aliphatic rings. The van der Waals surface area contributed by atoms with E-state index < -0.39 is 0 Å². The molecule has 0 aliphatic heterocycles. The summed E-state index contributed by atoms with van der Waals surface area (Å²) in [6.45, 7) is 8.62.